The van der Waals surface area contributed by atoms with Crippen LogP contribution in [-0.4, -0.2) is 0 Å². The van der Waals surface area contributed by atoms with Crippen LogP contribution in [0.25, 0.3) is 54.6 Å². The molecule has 0 heterocycles. The molecule has 0 fully saturated rings. The lowest BCUT2D eigenvalue weighted by Gasteiger charge is -2.25. The Morgan fingerprint density at radius 3 is 1.82 bits per heavy atom. The molecule has 2 aliphatic carbocycles. The fourth-order valence-corrected chi connectivity index (χ4v) is 7.41. The minimum atomic E-state index is -0.00915. The molecule has 0 nitrogen and oxygen atoms in total. The number of hydrogen-bond donors (Lipinski definition) is 0. The van der Waals surface area contributed by atoms with E-state index in [0.29, 0.717) is 0 Å². The standard InChI is InChI=1S/C34H26/c1-33(2)27-12-8-6-10-22(27)31-23-15-16-24-30-19(13-14-20(29(23)30)18-28(31)33)17-25-21-9-5-7-11-26(21)34(3,4)32(24)25/h5-18H,1-4H3. The van der Waals surface area contributed by atoms with Crippen molar-refractivity contribution < 1.29 is 0 Å². The first-order valence-electron chi connectivity index (χ1n) is 12.4. The lowest BCUT2D eigenvalue weighted by molar-refractivity contribution is 0.661. The van der Waals surface area contributed by atoms with Crippen LogP contribution in [0.4, 0.5) is 0 Å². The van der Waals surface area contributed by atoms with Crippen LogP contribution in [0.3, 0.4) is 0 Å². The smallest absolute Gasteiger partial charge is 0.0165 e. The molecule has 0 unspecified atom stereocenters. The molecule has 0 aromatic heterocycles. The van der Waals surface area contributed by atoms with Gasteiger partial charge in [0.15, 0.2) is 0 Å². The number of rotatable bonds is 0. The summed E-state index contributed by atoms with van der Waals surface area (Å²) in [6.07, 6.45) is 0. The first-order valence-corrected chi connectivity index (χ1v) is 12.4. The number of fused-ring (bicyclic) bond motifs is 8. The van der Waals surface area contributed by atoms with Gasteiger partial charge in [-0.15, -0.1) is 0 Å². The van der Waals surface area contributed by atoms with Gasteiger partial charge in [-0.1, -0.05) is 100 Å². The quantitative estimate of drug-likeness (QED) is 0.209. The van der Waals surface area contributed by atoms with Crippen LogP contribution in [0, 0.1) is 0 Å². The molecule has 162 valence electrons. The molecule has 8 rings (SSSR count). The third kappa shape index (κ3) is 1.95. The molecule has 0 N–H and O–H groups in total. The van der Waals surface area contributed by atoms with Gasteiger partial charge < -0.3 is 0 Å². The SMILES string of the molecule is CC1(C)c2ccccc2-c2c1cc1ccc3cc4c(c5ccc2c1c35)C(C)(C)c1ccccc1-4. The highest BCUT2D eigenvalue weighted by Gasteiger charge is 2.39. The zero-order valence-electron chi connectivity index (χ0n) is 20.1. The molecule has 0 atom stereocenters. The molecule has 0 amide bonds. The summed E-state index contributed by atoms with van der Waals surface area (Å²) in [5.74, 6) is 0. The average molecular weight is 435 g/mol. The fraction of sp³-hybridized carbons (Fsp3) is 0.176. The van der Waals surface area contributed by atoms with E-state index in [1.165, 1.54) is 76.8 Å². The zero-order valence-corrected chi connectivity index (χ0v) is 20.1. The molecule has 0 aliphatic heterocycles. The Morgan fingerprint density at radius 1 is 0.471 bits per heavy atom. The average Bonchev–Trinajstić information content (AvgIpc) is 3.22. The Balaban J connectivity index is 1.58. The molecular weight excluding hydrogens is 408 g/mol. The maximum Gasteiger partial charge on any atom is 0.0165 e. The van der Waals surface area contributed by atoms with Gasteiger partial charge in [-0.3, -0.25) is 0 Å². The van der Waals surface area contributed by atoms with Crippen molar-refractivity contribution in [2.24, 2.45) is 0 Å². The van der Waals surface area contributed by atoms with Gasteiger partial charge in [-0.2, -0.15) is 0 Å². The van der Waals surface area contributed by atoms with E-state index in [4.69, 9.17) is 0 Å². The van der Waals surface area contributed by atoms with Crippen LogP contribution in [0.1, 0.15) is 49.9 Å². The summed E-state index contributed by atoms with van der Waals surface area (Å²) in [6, 6.07) is 32.4. The fourth-order valence-electron chi connectivity index (χ4n) is 7.41. The van der Waals surface area contributed by atoms with Crippen molar-refractivity contribution >= 4 is 32.3 Å². The highest BCUT2D eigenvalue weighted by atomic mass is 14.4. The molecule has 6 aromatic carbocycles. The Bertz CT molecular complexity index is 1840. The molecule has 0 heteroatoms. The summed E-state index contributed by atoms with van der Waals surface area (Å²) in [6.45, 7) is 9.54. The van der Waals surface area contributed by atoms with Gasteiger partial charge >= 0.3 is 0 Å². The molecule has 6 aromatic rings. The number of hydrogen-bond acceptors (Lipinski definition) is 0. The monoisotopic (exact) mass is 434 g/mol. The summed E-state index contributed by atoms with van der Waals surface area (Å²) in [5, 5.41) is 8.38. The first-order chi connectivity index (χ1) is 16.4. The summed E-state index contributed by atoms with van der Waals surface area (Å²) >= 11 is 0. The van der Waals surface area contributed by atoms with Crippen molar-refractivity contribution in [1.82, 2.24) is 0 Å². The Kier molecular flexibility index (Phi) is 3.14. The van der Waals surface area contributed by atoms with Crippen molar-refractivity contribution in [2.75, 3.05) is 0 Å². The maximum atomic E-state index is 2.48. The van der Waals surface area contributed by atoms with E-state index in [-0.39, 0.29) is 10.8 Å². The van der Waals surface area contributed by atoms with E-state index in [0.717, 1.165) is 0 Å². The molecule has 0 radical (unpaired) electrons. The van der Waals surface area contributed by atoms with E-state index in [1.54, 1.807) is 0 Å². The van der Waals surface area contributed by atoms with E-state index in [2.05, 4.69) is 113 Å². The lowest BCUT2D eigenvalue weighted by Crippen LogP contribution is -2.15. The van der Waals surface area contributed by atoms with Crippen molar-refractivity contribution in [3.63, 3.8) is 0 Å². The normalized spacial score (nSPS) is 16.7. The minimum Gasteiger partial charge on any atom is -0.0619 e. The highest BCUT2D eigenvalue weighted by molar-refractivity contribution is 6.28. The summed E-state index contributed by atoms with van der Waals surface area (Å²) in [4.78, 5) is 0. The molecule has 0 saturated heterocycles. The van der Waals surface area contributed by atoms with Crippen LogP contribution in [0.2, 0.25) is 0 Å². The van der Waals surface area contributed by atoms with E-state index < -0.39 is 0 Å². The Morgan fingerprint density at radius 2 is 1.06 bits per heavy atom. The zero-order chi connectivity index (χ0) is 23.0. The van der Waals surface area contributed by atoms with Gasteiger partial charge in [0, 0.05) is 10.8 Å². The topological polar surface area (TPSA) is 0 Å². The van der Waals surface area contributed by atoms with Gasteiger partial charge in [-0.25, -0.2) is 0 Å². The summed E-state index contributed by atoms with van der Waals surface area (Å²) in [5.41, 5.74) is 11.5. The molecule has 2 aliphatic rings. The van der Waals surface area contributed by atoms with Crippen molar-refractivity contribution in [3.8, 4) is 22.3 Å². The van der Waals surface area contributed by atoms with Crippen LogP contribution in [0.5, 0.6) is 0 Å². The van der Waals surface area contributed by atoms with Crippen molar-refractivity contribution in [2.45, 2.75) is 38.5 Å². The molecule has 0 spiro atoms. The third-order valence-electron chi connectivity index (χ3n) is 8.96. The summed E-state index contributed by atoms with van der Waals surface area (Å²) in [7, 11) is 0. The van der Waals surface area contributed by atoms with E-state index in [1.807, 2.05) is 0 Å². The molecular formula is C34H26. The predicted octanol–water partition coefficient (Wildman–Crippen LogP) is 9.20. The van der Waals surface area contributed by atoms with Crippen molar-refractivity contribution in [1.29, 1.82) is 0 Å². The van der Waals surface area contributed by atoms with Crippen LogP contribution in [-0.2, 0) is 10.8 Å². The molecule has 0 saturated carbocycles. The van der Waals surface area contributed by atoms with Crippen molar-refractivity contribution in [3.05, 3.63) is 107 Å². The number of benzene rings is 6. The second kappa shape index (κ2) is 5.70. The van der Waals surface area contributed by atoms with Gasteiger partial charge in [0.2, 0.25) is 0 Å². The van der Waals surface area contributed by atoms with Gasteiger partial charge in [0.25, 0.3) is 0 Å². The van der Waals surface area contributed by atoms with Crippen LogP contribution >= 0.6 is 0 Å². The molecule has 0 bridgehead atoms. The second-order valence-electron chi connectivity index (χ2n) is 11.4. The molecule has 34 heavy (non-hydrogen) atoms. The third-order valence-corrected chi connectivity index (χ3v) is 8.96. The lowest BCUT2D eigenvalue weighted by atomic mass is 9.77. The summed E-state index contributed by atoms with van der Waals surface area (Å²) < 4.78 is 0. The van der Waals surface area contributed by atoms with Gasteiger partial charge in [0.05, 0.1) is 0 Å². The largest absolute Gasteiger partial charge is 0.0619 e. The van der Waals surface area contributed by atoms with Gasteiger partial charge in [0.1, 0.15) is 0 Å². The van der Waals surface area contributed by atoms with Crippen LogP contribution in [0.15, 0.2) is 84.9 Å². The van der Waals surface area contributed by atoms with E-state index in [9.17, 15) is 0 Å². The van der Waals surface area contributed by atoms with Crippen LogP contribution < -0.4 is 0 Å². The predicted molar refractivity (Wildman–Crippen MR) is 145 cm³/mol. The van der Waals surface area contributed by atoms with E-state index >= 15 is 0 Å². The van der Waals surface area contributed by atoms with Gasteiger partial charge in [-0.05, 0) is 89.0 Å². The first kappa shape index (κ1) is 18.7. The highest BCUT2D eigenvalue weighted by Crippen LogP contribution is 2.56. The maximum absolute atomic E-state index is 2.48. The minimum absolute atomic E-state index is 0.00915. The Hall–Kier alpha value is -3.64. The Labute approximate surface area is 200 Å². The second-order valence-corrected chi connectivity index (χ2v) is 11.4.